The first-order valence-electron chi connectivity index (χ1n) is 4.99. The number of aromatic nitrogens is 1. The second kappa shape index (κ2) is 4.61. The molecule has 0 unspecified atom stereocenters. The summed E-state index contributed by atoms with van der Waals surface area (Å²) in [6.07, 6.45) is 3.34. The van der Waals surface area contributed by atoms with E-state index in [4.69, 9.17) is 4.42 Å². The van der Waals surface area contributed by atoms with Crippen LogP contribution in [0.3, 0.4) is 0 Å². The quantitative estimate of drug-likeness (QED) is 0.853. The van der Waals surface area contributed by atoms with Crippen LogP contribution in [0.5, 0.6) is 0 Å². The van der Waals surface area contributed by atoms with Gasteiger partial charge in [0.2, 0.25) is 5.91 Å². The molecule has 0 fully saturated rings. The van der Waals surface area contributed by atoms with Gasteiger partial charge in [0.25, 0.3) is 0 Å². The van der Waals surface area contributed by atoms with E-state index in [0.717, 1.165) is 17.0 Å². The first-order valence-corrected chi connectivity index (χ1v) is 4.99. The highest BCUT2D eigenvalue weighted by atomic mass is 16.3. The molecule has 0 saturated heterocycles. The first-order chi connectivity index (χ1) is 7.75. The highest BCUT2D eigenvalue weighted by Gasteiger charge is 2.02. The van der Waals surface area contributed by atoms with Gasteiger partial charge in [-0.3, -0.25) is 9.78 Å². The Morgan fingerprint density at radius 2 is 2.31 bits per heavy atom. The van der Waals surface area contributed by atoms with Crippen molar-refractivity contribution in [1.29, 1.82) is 0 Å². The number of pyridine rings is 1. The number of hydrogen-bond acceptors (Lipinski definition) is 3. The van der Waals surface area contributed by atoms with Crippen molar-refractivity contribution in [2.75, 3.05) is 0 Å². The lowest BCUT2D eigenvalue weighted by Gasteiger charge is -2.02. The van der Waals surface area contributed by atoms with Crippen LogP contribution < -0.4 is 5.32 Å². The van der Waals surface area contributed by atoms with E-state index in [0.29, 0.717) is 6.54 Å². The lowest BCUT2D eigenvalue weighted by molar-refractivity contribution is -0.119. The summed E-state index contributed by atoms with van der Waals surface area (Å²) in [5, 5.41) is 2.71. The number of furan rings is 1. The molecular formula is C12H12N2O2. The van der Waals surface area contributed by atoms with E-state index in [1.165, 1.54) is 6.92 Å². The molecule has 4 heteroatoms. The molecule has 2 aromatic heterocycles. The summed E-state index contributed by atoms with van der Waals surface area (Å²) in [4.78, 5) is 15.0. The van der Waals surface area contributed by atoms with Crippen molar-refractivity contribution in [3.8, 4) is 11.5 Å². The standard InChI is InChI=1S/C12H12N2O2/c1-9(15)13-7-10-4-5-11(14-8-10)12-3-2-6-16-12/h2-6,8H,7H2,1H3,(H,13,15). The molecule has 2 aromatic rings. The minimum atomic E-state index is -0.0462. The van der Waals surface area contributed by atoms with E-state index in [2.05, 4.69) is 10.3 Å². The highest BCUT2D eigenvalue weighted by Crippen LogP contribution is 2.16. The normalized spacial score (nSPS) is 10.1. The number of carbonyl (C=O) groups excluding carboxylic acids is 1. The van der Waals surface area contributed by atoms with Crippen molar-refractivity contribution >= 4 is 5.91 Å². The van der Waals surface area contributed by atoms with Gasteiger partial charge in [-0.15, -0.1) is 0 Å². The van der Waals surface area contributed by atoms with Crippen LogP contribution in [0.1, 0.15) is 12.5 Å². The second-order valence-electron chi connectivity index (χ2n) is 3.44. The molecule has 0 aliphatic heterocycles. The van der Waals surface area contributed by atoms with Crippen LogP contribution in [-0.2, 0) is 11.3 Å². The van der Waals surface area contributed by atoms with Crippen molar-refractivity contribution in [3.63, 3.8) is 0 Å². The van der Waals surface area contributed by atoms with Crippen molar-refractivity contribution in [1.82, 2.24) is 10.3 Å². The van der Waals surface area contributed by atoms with Crippen LogP contribution >= 0.6 is 0 Å². The zero-order valence-electron chi connectivity index (χ0n) is 8.93. The van der Waals surface area contributed by atoms with E-state index >= 15 is 0 Å². The molecule has 0 spiro atoms. The third kappa shape index (κ3) is 2.48. The average Bonchev–Trinajstić information content (AvgIpc) is 2.80. The predicted molar refractivity (Wildman–Crippen MR) is 59.5 cm³/mol. The third-order valence-electron chi connectivity index (χ3n) is 2.14. The number of amides is 1. The van der Waals surface area contributed by atoms with Crippen LogP contribution in [0.4, 0.5) is 0 Å². The topological polar surface area (TPSA) is 55.1 Å². The fraction of sp³-hybridized carbons (Fsp3) is 0.167. The Hall–Kier alpha value is -2.10. The lowest BCUT2D eigenvalue weighted by atomic mass is 10.2. The molecular weight excluding hydrogens is 204 g/mol. The highest BCUT2D eigenvalue weighted by molar-refractivity contribution is 5.72. The van der Waals surface area contributed by atoms with Crippen molar-refractivity contribution in [3.05, 3.63) is 42.3 Å². The second-order valence-corrected chi connectivity index (χ2v) is 3.44. The van der Waals surface area contributed by atoms with E-state index in [-0.39, 0.29) is 5.91 Å². The monoisotopic (exact) mass is 216 g/mol. The lowest BCUT2D eigenvalue weighted by Crippen LogP contribution is -2.18. The largest absolute Gasteiger partial charge is 0.463 e. The Morgan fingerprint density at radius 1 is 1.44 bits per heavy atom. The molecule has 0 radical (unpaired) electrons. The number of nitrogens with zero attached hydrogens (tertiary/aromatic N) is 1. The van der Waals surface area contributed by atoms with Gasteiger partial charge in [-0.05, 0) is 23.8 Å². The Labute approximate surface area is 93.3 Å². The zero-order valence-corrected chi connectivity index (χ0v) is 8.93. The van der Waals surface area contributed by atoms with E-state index in [1.54, 1.807) is 12.5 Å². The van der Waals surface area contributed by atoms with Gasteiger partial charge >= 0.3 is 0 Å². The summed E-state index contributed by atoms with van der Waals surface area (Å²) in [6, 6.07) is 7.47. The molecule has 2 heterocycles. The van der Waals surface area contributed by atoms with Gasteiger partial charge in [-0.1, -0.05) is 6.07 Å². The molecule has 1 amide bonds. The molecule has 0 saturated carbocycles. The molecule has 0 aromatic carbocycles. The van der Waals surface area contributed by atoms with Crippen LogP contribution in [-0.4, -0.2) is 10.9 Å². The van der Waals surface area contributed by atoms with E-state index in [9.17, 15) is 4.79 Å². The summed E-state index contributed by atoms with van der Waals surface area (Å²) in [7, 11) is 0. The van der Waals surface area contributed by atoms with Gasteiger partial charge in [0, 0.05) is 19.7 Å². The maximum absolute atomic E-state index is 10.7. The summed E-state index contributed by atoms with van der Waals surface area (Å²) >= 11 is 0. The Morgan fingerprint density at radius 3 is 2.88 bits per heavy atom. The number of nitrogens with one attached hydrogen (secondary N) is 1. The molecule has 2 rings (SSSR count). The third-order valence-corrected chi connectivity index (χ3v) is 2.14. The maximum Gasteiger partial charge on any atom is 0.217 e. The van der Waals surface area contributed by atoms with Gasteiger partial charge in [-0.25, -0.2) is 0 Å². The van der Waals surface area contributed by atoms with Gasteiger partial charge in [0.05, 0.1) is 6.26 Å². The molecule has 4 nitrogen and oxygen atoms in total. The summed E-state index contributed by atoms with van der Waals surface area (Å²) in [6.45, 7) is 1.99. The number of carbonyl (C=O) groups is 1. The molecule has 1 N–H and O–H groups in total. The van der Waals surface area contributed by atoms with Gasteiger partial charge < -0.3 is 9.73 Å². The van der Waals surface area contributed by atoms with Crippen molar-refractivity contribution in [2.45, 2.75) is 13.5 Å². The number of hydrogen-bond donors (Lipinski definition) is 1. The minimum Gasteiger partial charge on any atom is -0.463 e. The minimum absolute atomic E-state index is 0.0462. The predicted octanol–water partition coefficient (Wildman–Crippen LogP) is 1.98. The molecule has 0 aliphatic rings. The Kier molecular flexibility index (Phi) is 3.00. The van der Waals surface area contributed by atoms with Crippen LogP contribution in [0.25, 0.3) is 11.5 Å². The summed E-state index contributed by atoms with van der Waals surface area (Å²) < 4.78 is 5.23. The SMILES string of the molecule is CC(=O)NCc1ccc(-c2ccco2)nc1. The van der Waals surface area contributed by atoms with Gasteiger partial charge in [-0.2, -0.15) is 0 Å². The van der Waals surface area contributed by atoms with Gasteiger partial charge in [0.1, 0.15) is 5.69 Å². The summed E-state index contributed by atoms with van der Waals surface area (Å²) in [5.41, 5.74) is 1.75. The maximum atomic E-state index is 10.7. The Balaban J connectivity index is 2.08. The van der Waals surface area contributed by atoms with Crippen molar-refractivity contribution in [2.24, 2.45) is 0 Å². The van der Waals surface area contributed by atoms with Crippen LogP contribution in [0, 0.1) is 0 Å². The average molecular weight is 216 g/mol. The van der Waals surface area contributed by atoms with Crippen molar-refractivity contribution < 1.29 is 9.21 Å². The zero-order chi connectivity index (χ0) is 11.4. The Bertz CT molecular complexity index is 460. The van der Waals surface area contributed by atoms with Crippen LogP contribution in [0.2, 0.25) is 0 Å². The van der Waals surface area contributed by atoms with E-state index < -0.39 is 0 Å². The first kappa shape index (κ1) is 10.4. The van der Waals surface area contributed by atoms with E-state index in [1.807, 2.05) is 24.3 Å². The van der Waals surface area contributed by atoms with Gasteiger partial charge in [0.15, 0.2) is 5.76 Å². The molecule has 82 valence electrons. The molecule has 0 atom stereocenters. The summed E-state index contributed by atoms with van der Waals surface area (Å²) in [5.74, 6) is 0.696. The smallest absolute Gasteiger partial charge is 0.217 e. The fourth-order valence-electron chi connectivity index (χ4n) is 1.33. The fourth-order valence-corrected chi connectivity index (χ4v) is 1.33. The molecule has 0 aliphatic carbocycles. The molecule has 0 bridgehead atoms. The number of rotatable bonds is 3. The van der Waals surface area contributed by atoms with Crippen LogP contribution in [0.15, 0.2) is 41.1 Å². The molecule has 16 heavy (non-hydrogen) atoms.